The number of rotatable bonds is 5. The molecule has 1 saturated heterocycles. The smallest absolute Gasteiger partial charge is 0.320 e. The van der Waals surface area contributed by atoms with Crippen LogP contribution in [0.3, 0.4) is 0 Å². The fourth-order valence-corrected chi connectivity index (χ4v) is 4.99. The summed E-state index contributed by atoms with van der Waals surface area (Å²) in [6.07, 6.45) is 3.17. The van der Waals surface area contributed by atoms with Crippen molar-refractivity contribution in [3.63, 3.8) is 0 Å². The van der Waals surface area contributed by atoms with Gasteiger partial charge in [0.2, 0.25) is 5.88 Å². The Bertz CT molecular complexity index is 1100. The number of likely N-dealkylation sites (N-methyl/N-ethyl adjacent to an activating group) is 1. The number of methoxy groups -OCH3 is 1. The predicted octanol–water partition coefficient (Wildman–Crippen LogP) is 4.33. The highest BCUT2D eigenvalue weighted by atomic mass is 35.5. The molecule has 31 heavy (non-hydrogen) atoms. The number of anilines is 1. The van der Waals surface area contributed by atoms with Crippen molar-refractivity contribution in [2.45, 2.75) is 31.8 Å². The second-order valence-corrected chi connectivity index (χ2v) is 8.72. The quantitative estimate of drug-likeness (QED) is 0.591. The summed E-state index contributed by atoms with van der Waals surface area (Å²) in [5.74, 6) is 0.621. The van der Waals surface area contributed by atoms with Gasteiger partial charge >= 0.3 is 6.01 Å². The van der Waals surface area contributed by atoms with E-state index in [1.807, 2.05) is 12.1 Å². The lowest BCUT2D eigenvalue weighted by Crippen LogP contribution is -2.33. The molecule has 1 atom stereocenters. The number of halogens is 1. The third-order valence-corrected chi connectivity index (χ3v) is 6.76. The normalized spacial score (nSPS) is 18.9. The molecule has 2 aliphatic heterocycles. The highest BCUT2D eigenvalue weighted by Crippen LogP contribution is 2.36. The molecule has 3 aromatic rings. The van der Waals surface area contributed by atoms with Crippen molar-refractivity contribution >= 4 is 28.1 Å². The second-order valence-electron chi connectivity index (χ2n) is 8.32. The fraction of sp³-hybridized carbons (Fsp3) is 0.417. The number of ether oxygens (including phenoxy) is 2. The van der Waals surface area contributed by atoms with Crippen molar-refractivity contribution in [3.05, 3.63) is 52.7 Å². The zero-order valence-corrected chi connectivity index (χ0v) is 18.7. The maximum atomic E-state index is 6.57. The lowest BCUT2D eigenvalue weighted by atomic mass is 10.0. The van der Waals surface area contributed by atoms with Gasteiger partial charge in [0, 0.05) is 29.2 Å². The molecule has 0 amide bonds. The summed E-state index contributed by atoms with van der Waals surface area (Å²) in [7, 11) is 3.80. The van der Waals surface area contributed by atoms with Crippen LogP contribution in [0.25, 0.3) is 10.8 Å². The highest BCUT2D eigenvalue weighted by Gasteiger charge is 2.26. The molecule has 0 saturated carbocycles. The average Bonchev–Trinajstić information content (AvgIpc) is 3.21. The van der Waals surface area contributed by atoms with E-state index >= 15 is 0 Å². The summed E-state index contributed by atoms with van der Waals surface area (Å²) < 4.78 is 11.6. The second kappa shape index (κ2) is 8.52. The van der Waals surface area contributed by atoms with Crippen LogP contribution >= 0.6 is 11.6 Å². The van der Waals surface area contributed by atoms with Crippen LogP contribution in [0.2, 0.25) is 5.02 Å². The van der Waals surface area contributed by atoms with Crippen LogP contribution in [0.1, 0.15) is 24.1 Å². The van der Waals surface area contributed by atoms with Gasteiger partial charge in [0.15, 0.2) is 0 Å². The first kappa shape index (κ1) is 20.3. The van der Waals surface area contributed by atoms with E-state index in [0.717, 1.165) is 58.7 Å². The molecule has 0 spiro atoms. The first-order chi connectivity index (χ1) is 15.1. The Labute approximate surface area is 187 Å². The minimum Gasteiger partial charge on any atom is -0.481 e. The molecule has 0 bridgehead atoms. The van der Waals surface area contributed by atoms with E-state index in [-0.39, 0.29) is 0 Å². The monoisotopic (exact) mass is 438 g/mol. The Hall–Kier alpha value is -2.57. The van der Waals surface area contributed by atoms with Crippen LogP contribution < -0.4 is 14.4 Å². The number of fused-ring (bicyclic) bond motifs is 2. The first-order valence-corrected chi connectivity index (χ1v) is 11.2. The number of hydrogen-bond acceptors (Lipinski definition) is 6. The van der Waals surface area contributed by atoms with E-state index in [9.17, 15) is 0 Å². The Morgan fingerprint density at radius 2 is 1.97 bits per heavy atom. The number of hydrogen-bond donors (Lipinski definition) is 0. The van der Waals surface area contributed by atoms with Gasteiger partial charge in [-0.25, -0.2) is 0 Å². The van der Waals surface area contributed by atoms with Crippen molar-refractivity contribution in [1.29, 1.82) is 0 Å². The standard InChI is InChI=1S/C24H27ClN4O2/c1-28-12-5-8-17(28)15-31-24-26-20-14-29(13-11-18(20)23(27-24)30-2)21-10-4-7-16-6-3-9-19(25)22(16)21/h3-4,6-7,9-10,17H,5,8,11-15H2,1-2H3/t17-/m0/s1. The highest BCUT2D eigenvalue weighted by molar-refractivity contribution is 6.36. The number of nitrogens with zero attached hydrogens (tertiary/aromatic N) is 4. The van der Waals surface area contributed by atoms with Crippen molar-refractivity contribution in [2.75, 3.05) is 38.8 Å². The van der Waals surface area contributed by atoms with Crippen LogP contribution in [0.15, 0.2) is 36.4 Å². The SMILES string of the molecule is COc1nc(OC[C@@H]2CCCN2C)nc2c1CCN(c1cccc3cccc(Cl)c13)C2. The summed E-state index contributed by atoms with van der Waals surface area (Å²) in [6.45, 7) is 3.23. The average molecular weight is 439 g/mol. The van der Waals surface area contributed by atoms with Gasteiger partial charge in [0.25, 0.3) is 0 Å². The molecule has 2 aliphatic rings. The molecule has 6 nitrogen and oxygen atoms in total. The summed E-state index contributed by atoms with van der Waals surface area (Å²) >= 11 is 6.57. The summed E-state index contributed by atoms with van der Waals surface area (Å²) in [5.41, 5.74) is 3.15. The molecule has 5 rings (SSSR count). The Kier molecular flexibility index (Phi) is 5.59. The molecule has 7 heteroatoms. The van der Waals surface area contributed by atoms with Crippen LogP contribution in [0.4, 0.5) is 5.69 Å². The lowest BCUT2D eigenvalue weighted by molar-refractivity contribution is 0.185. The van der Waals surface area contributed by atoms with E-state index in [0.29, 0.717) is 31.1 Å². The lowest BCUT2D eigenvalue weighted by Gasteiger charge is -2.31. The fourth-order valence-electron chi connectivity index (χ4n) is 4.71. The molecule has 0 unspecified atom stereocenters. The van der Waals surface area contributed by atoms with Gasteiger partial charge in [-0.2, -0.15) is 9.97 Å². The van der Waals surface area contributed by atoms with E-state index in [1.165, 1.54) is 6.42 Å². The van der Waals surface area contributed by atoms with E-state index in [4.69, 9.17) is 26.1 Å². The zero-order valence-electron chi connectivity index (χ0n) is 18.0. The van der Waals surface area contributed by atoms with E-state index < -0.39 is 0 Å². The molecule has 0 aliphatic carbocycles. The molecule has 0 radical (unpaired) electrons. The Morgan fingerprint density at radius 1 is 1.13 bits per heavy atom. The number of benzene rings is 2. The molecule has 2 aromatic carbocycles. The van der Waals surface area contributed by atoms with Crippen molar-refractivity contribution in [3.8, 4) is 11.9 Å². The predicted molar refractivity (Wildman–Crippen MR) is 123 cm³/mol. The van der Waals surface area contributed by atoms with Gasteiger partial charge in [-0.05, 0) is 50.4 Å². The maximum Gasteiger partial charge on any atom is 0.320 e. The third-order valence-electron chi connectivity index (χ3n) is 6.45. The van der Waals surface area contributed by atoms with Gasteiger partial charge in [-0.1, -0.05) is 35.9 Å². The van der Waals surface area contributed by atoms with Crippen LogP contribution in [0, 0.1) is 0 Å². The van der Waals surface area contributed by atoms with Gasteiger partial charge < -0.3 is 19.3 Å². The largest absolute Gasteiger partial charge is 0.481 e. The maximum absolute atomic E-state index is 6.57. The first-order valence-electron chi connectivity index (χ1n) is 10.8. The summed E-state index contributed by atoms with van der Waals surface area (Å²) in [5, 5.41) is 2.99. The van der Waals surface area contributed by atoms with Crippen molar-refractivity contribution < 1.29 is 9.47 Å². The van der Waals surface area contributed by atoms with Crippen LogP contribution in [0.5, 0.6) is 11.9 Å². The zero-order chi connectivity index (χ0) is 21.4. The van der Waals surface area contributed by atoms with E-state index in [1.54, 1.807) is 7.11 Å². The van der Waals surface area contributed by atoms with Gasteiger partial charge in [0.05, 0.1) is 24.4 Å². The molecule has 1 aromatic heterocycles. The summed E-state index contributed by atoms with van der Waals surface area (Å²) in [6, 6.07) is 13.2. The molecule has 0 N–H and O–H groups in total. The number of likely N-dealkylation sites (tertiary alicyclic amines) is 1. The van der Waals surface area contributed by atoms with Crippen molar-refractivity contribution in [1.82, 2.24) is 14.9 Å². The number of aromatic nitrogens is 2. The van der Waals surface area contributed by atoms with Gasteiger partial charge in [-0.15, -0.1) is 0 Å². The minimum absolute atomic E-state index is 0.397. The molecule has 1 fully saturated rings. The minimum atomic E-state index is 0.397. The summed E-state index contributed by atoms with van der Waals surface area (Å²) in [4.78, 5) is 14.0. The molecule has 162 valence electrons. The van der Waals surface area contributed by atoms with Crippen molar-refractivity contribution in [2.24, 2.45) is 0 Å². The van der Waals surface area contributed by atoms with Gasteiger partial charge in [0.1, 0.15) is 6.61 Å². The molecular formula is C24H27ClN4O2. The van der Waals surface area contributed by atoms with Crippen LogP contribution in [-0.4, -0.2) is 54.8 Å². The third kappa shape index (κ3) is 3.90. The van der Waals surface area contributed by atoms with Gasteiger partial charge in [-0.3, -0.25) is 0 Å². The molecule has 3 heterocycles. The van der Waals surface area contributed by atoms with E-state index in [2.05, 4.69) is 46.1 Å². The molecular weight excluding hydrogens is 412 g/mol. The Morgan fingerprint density at radius 3 is 2.74 bits per heavy atom. The topological polar surface area (TPSA) is 50.7 Å². The Balaban J connectivity index is 1.44. The van der Waals surface area contributed by atoms with Crippen LogP contribution in [-0.2, 0) is 13.0 Å².